The number of nitrogen functional groups attached to an aromatic ring is 1. The standard InChI is InChI=1S/C19H15ClN4O4S/c20-12-4-6-13(7-5-12)29(27,28)15-11-14-18(24(9-10-25)17(15)21)22-16-3-1-2-8-23(16)19(14)26/h1-8,11,21,25H,9-10H2/p+1. The SMILES string of the molecule is Nc1c(S(=O)(=O)c2ccc(Cl)cc2)cc2c(=O)n3ccccc3nc2[n+]1CCO. The number of aromatic nitrogens is 3. The van der Waals surface area contributed by atoms with E-state index in [1.807, 2.05) is 0 Å². The van der Waals surface area contributed by atoms with Crippen molar-refractivity contribution in [3.8, 4) is 0 Å². The molecule has 29 heavy (non-hydrogen) atoms. The Morgan fingerprint density at radius 1 is 1.17 bits per heavy atom. The molecule has 0 bridgehead atoms. The zero-order valence-electron chi connectivity index (χ0n) is 15.0. The maximum Gasteiger partial charge on any atom is 0.278 e. The first kappa shape index (κ1) is 19.3. The second kappa shape index (κ2) is 7.11. The van der Waals surface area contributed by atoms with Gasteiger partial charge in [-0.15, -0.1) is 0 Å². The van der Waals surface area contributed by atoms with Gasteiger partial charge in [-0.05, 0) is 42.5 Å². The van der Waals surface area contributed by atoms with Crippen LogP contribution in [0.4, 0.5) is 5.82 Å². The predicted octanol–water partition coefficient (Wildman–Crippen LogP) is 1.20. The van der Waals surface area contributed by atoms with Crippen LogP contribution in [0.5, 0.6) is 0 Å². The molecule has 3 N–H and O–H groups in total. The number of rotatable bonds is 4. The van der Waals surface area contributed by atoms with Gasteiger partial charge in [0.1, 0.15) is 10.3 Å². The molecule has 8 nitrogen and oxygen atoms in total. The first-order chi connectivity index (χ1) is 13.8. The molecule has 1 aromatic carbocycles. The average Bonchev–Trinajstić information content (AvgIpc) is 2.70. The lowest BCUT2D eigenvalue weighted by Gasteiger charge is -2.12. The third kappa shape index (κ3) is 3.13. The summed E-state index contributed by atoms with van der Waals surface area (Å²) in [6.07, 6.45) is 1.55. The van der Waals surface area contributed by atoms with Gasteiger partial charge >= 0.3 is 0 Å². The number of nitrogens with two attached hydrogens (primary N) is 1. The highest BCUT2D eigenvalue weighted by molar-refractivity contribution is 7.91. The summed E-state index contributed by atoms with van der Waals surface area (Å²) in [5.74, 6) is -0.117. The van der Waals surface area contributed by atoms with Crippen molar-refractivity contribution in [2.45, 2.75) is 16.3 Å². The largest absolute Gasteiger partial charge is 0.393 e. The molecule has 148 valence electrons. The van der Waals surface area contributed by atoms with Crippen LogP contribution in [0.25, 0.3) is 16.7 Å². The van der Waals surface area contributed by atoms with Crippen LogP contribution in [0.2, 0.25) is 5.02 Å². The van der Waals surface area contributed by atoms with Crippen molar-refractivity contribution in [1.82, 2.24) is 9.38 Å². The number of nitrogens with zero attached hydrogens (tertiary/aromatic N) is 3. The predicted molar refractivity (Wildman–Crippen MR) is 108 cm³/mol. The number of anilines is 1. The number of fused-ring (bicyclic) bond motifs is 2. The van der Waals surface area contributed by atoms with Crippen molar-refractivity contribution in [3.05, 3.63) is 70.1 Å². The minimum absolute atomic E-state index is 0.0163. The summed E-state index contributed by atoms with van der Waals surface area (Å²) in [4.78, 5) is 17.2. The molecule has 0 atom stereocenters. The average molecular weight is 432 g/mol. The molecule has 0 aliphatic heterocycles. The summed E-state index contributed by atoms with van der Waals surface area (Å²) >= 11 is 5.86. The van der Waals surface area contributed by atoms with Crippen molar-refractivity contribution in [3.63, 3.8) is 0 Å². The van der Waals surface area contributed by atoms with Crippen LogP contribution in [-0.2, 0) is 16.4 Å². The van der Waals surface area contributed by atoms with Crippen molar-refractivity contribution in [1.29, 1.82) is 0 Å². The molecule has 0 unspecified atom stereocenters. The van der Waals surface area contributed by atoms with E-state index in [0.717, 1.165) is 0 Å². The van der Waals surface area contributed by atoms with Crippen molar-refractivity contribution in [2.24, 2.45) is 0 Å². The van der Waals surface area contributed by atoms with E-state index >= 15 is 0 Å². The highest BCUT2D eigenvalue weighted by atomic mass is 35.5. The zero-order chi connectivity index (χ0) is 20.8. The third-order valence-corrected chi connectivity index (χ3v) is 6.61. The van der Waals surface area contributed by atoms with Gasteiger partial charge in [-0.2, -0.15) is 0 Å². The summed E-state index contributed by atoms with van der Waals surface area (Å²) in [5, 5.41) is 9.94. The smallest absolute Gasteiger partial charge is 0.278 e. The van der Waals surface area contributed by atoms with Crippen molar-refractivity contribution < 1.29 is 18.1 Å². The molecule has 3 heterocycles. The molecule has 10 heteroatoms. The van der Waals surface area contributed by atoms with Gasteiger partial charge in [-0.25, -0.2) is 13.0 Å². The summed E-state index contributed by atoms with van der Waals surface area (Å²) < 4.78 is 29.1. The molecule has 4 aromatic rings. The highest BCUT2D eigenvalue weighted by Crippen LogP contribution is 2.27. The molecule has 0 amide bonds. The number of benzene rings is 1. The number of hydrogen-bond donors (Lipinski definition) is 2. The fraction of sp³-hybridized carbons (Fsp3) is 0.105. The molecular formula is C19H16ClN4O4S+. The maximum atomic E-state index is 13.2. The van der Waals surface area contributed by atoms with Crippen LogP contribution in [0, 0.1) is 0 Å². The second-order valence-corrected chi connectivity index (χ2v) is 8.66. The van der Waals surface area contributed by atoms with Gasteiger partial charge < -0.3 is 10.8 Å². The lowest BCUT2D eigenvalue weighted by molar-refractivity contribution is -0.661. The maximum absolute atomic E-state index is 13.2. The molecule has 3 aromatic heterocycles. The molecule has 0 saturated carbocycles. The molecule has 0 spiro atoms. The Hall–Kier alpha value is -3.01. The molecule has 0 aliphatic rings. The van der Waals surface area contributed by atoms with E-state index in [1.165, 1.54) is 39.3 Å². The Balaban J connectivity index is 2.11. The zero-order valence-corrected chi connectivity index (χ0v) is 16.6. The van der Waals surface area contributed by atoms with Gasteiger partial charge in [-0.3, -0.25) is 9.20 Å². The van der Waals surface area contributed by atoms with Crippen LogP contribution >= 0.6 is 11.6 Å². The fourth-order valence-electron chi connectivity index (χ4n) is 3.16. The van der Waals surface area contributed by atoms with Crippen LogP contribution < -0.4 is 15.9 Å². The van der Waals surface area contributed by atoms with Crippen LogP contribution in [-0.4, -0.2) is 29.5 Å². The van der Waals surface area contributed by atoms with Gasteiger partial charge in [0.25, 0.3) is 11.2 Å². The number of aliphatic hydroxyl groups is 1. The normalized spacial score (nSPS) is 11.9. The summed E-state index contributed by atoms with van der Waals surface area (Å²) in [6, 6.07) is 11.9. The van der Waals surface area contributed by atoms with E-state index in [4.69, 9.17) is 17.3 Å². The minimum Gasteiger partial charge on any atom is -0.393 e. The quantitative estimate of drug-likeness (QED) is 0.370. The van der Waals surface area contributed by atoms with Gasteiger partial charge in [0.15, 0.2) is 0 Å². The van der Waals surface area contributed by atoms with Crippen LogP contribution in [0.1, 0.15) is 0 Å². The van der Waals surface area contributed by atoms with Crippen LogP contribution in [0.15, 0.2) is 69.3 Å². The topological polar surface area (TPSA) is 119 Å². The highest BCUT2D eigenvalue weighted by Gasteiger charge is 2.29. The molecule has 0 aliphatic carbocycles. The van der Waals surface area contributed by atoms with E-state index in [9.17, 15) is 18.3 Å². The fourth-order valence-corrected chi connectivity index (χ4v) is 4.69. The Bertz CT molecular complexity index is 1420. The molecular weight excluding hydrogens is 416 g/mol. The monoisotopic (exact) mass is 431 g/mol. The number of hydrogen-bond acceptors (Lipinski definition) is 6. The third-order valence-electron chi connectivity index (χ3n) is 4.56. The Labute approximate surface area is 170 Å². The molecule has 0 saturated heterocycles. The van der Waals surface area contributed by atoms with Gasteiger partial charge in [-0.1, -0.05) is 22.7 Å². The van der Waals surface area contributed by atoms with Crippen molar-refractivity contribution >= 4 is 43.9 Å². The number of sulfone groups is 1. The molecule has 0 radical (unpaired) electrons. The Morgan fingerprint density at radius 3 is 2.59 bits per heavy atom. The van der Waals surface area contributed by atoms with E-state index in [1.54, 1.807) is 24.4 Å². The first-order valence-electron chi connectivity index (χ1n) is 8.59. The van der Waals surface area contributed by atoms with E-state index in [2.05, 4.69) is 4.98 Å². The van der Waals surface area contributed by atoms with Crippen LogP contribution in [0.3, 0.4) is 0 Å². The van der Waals surface area contributed by atoms with E-state index in [0.29, 0.717) is 10.7 Å². The summed E-state index contributed by atoms with van der Waals surface area (Å²) in [5.41, 5.74) is 6.32. The van der Waals surface area contributed by atoms with Crippen molar-refractivity contribution in [2.75, 3.05) is 12.3 Å². The van der Waals surface area contributed by atoms with Gasteiger partial charge in [0.2, 0.25) is 21.3 Å². The number of pyridine rings is 2. The Kier molecular flexibility index (Phi) is 4.73. The minimum atomic E-state index is -4.05. The van der Waals surface area contributed by atoms with E-state index < -0.39 is 15.4 Å². The second-order valence-electron chi connectivity index (χ2n) is 6.31. The molecule has 4 rings (SSSR count). The van der Waals surface area contributed by atoms with E-state index in [-0.39, 0.29) is 39.8 Å². The summed E-state index contributed by atoms with van der Waals surface area (Å²) in [7, 11) is -4.05. The first-order valence-corrected chi connectivity index (χ1v) is 10.5. The Morgan fingerprint density at radius 2 is 1.90 bits per heavy atom. The number of aliphatic hydroxyl groups excluding tert-OH is 1. The lowest BCUT2D eigenvalue weighted by Crippen LogP contribution is -2.43. The van der Waals surface area contributed by atoms with Gasteiger partial charge in [0.05, 0.1) is 18.0 Å². The van der Waals surface area contributed by atoms with Gasteiger partial charge in [0, 0.05) is 11.2 Å². The number of halogens is 1. The lowest BCUT2D eigenvalue weighted by atomic mass is 10.3. The summed E-state index contributed by atoms with van der Waals surface area (Å²) in [6.45, 7) is -0.341. The molecule has 0 fully saturated rings.